The zero-order valence-corrected chi connectivity index (χ0v) is 18.9. The lowest BCUT2D eigenvalue weighted by Crippen LogP contribution is -2.43. The zero-order chi connectivity index (χ0) is 23.5. The molecule has 1 aliphatic heterocycles. The van der Waals surface area contributed by atoms with Crippen molar-refractivity contribution < 1.29 is 28.6 Å². The third-order valence-electron chi connectivity index (χ3n) is 5.16. The summed E-state index contributed by atoms with van der Waals surface area (Å²) in [7, 11) is 0. The van der Waals surface area contributed by atoms with Gasteiger partial charge >= 0.3 is 12.1 Å². The van der Waals surface area contributed by atoms with Crippen LogP contribution in [0.5, 0.6) is 11.5 Å². The maximum Gasteiger partial charge on any atom is 0.410 e. The Labute approximate surface area is 191 Å². The number of carboxylic acids is 1. The molecule has 2 heterocycles. The van der Waals surface area contributed by atoms with Gasteiger partial charge in [0.2, 0.25) is 0 Å². The molecule has 1 aromatic heterocycles. The molecule has 1 aromatic carbocycles. The molecule has 0 radical (unpaired) electrons. The Hall–Kier alpha value is -2.87. The number of carbonyl (C=O) groups is 2. The first-order valence-electron chi connectivity index (χ1n) is 10.3. The van der Waals surface area contributed by atoms with Crippen molar-refractivity contribution in [2.45, 2.75) is 45.1 Å². The second-order valence-corrected chi connectivity index (χ2v) is 9.10. The van der Waals surface area contributed by atoms with Gasteiger partial charge in [-0.15, -0.1) is 0 Å². The average molecular weight is 465 g/mol. The normalized spacial score (nSPS) is 15.8. The summed E-state index contributed by atoms with van der Waals surface area (Å²) in [6, 6.07) is 5.89. The molecular formula is C23H26ClFN2O5. The fourth-order valence-electron chi connectivity index (χ4n) is 3.74. The minimum Gasteiger partial charge on any atom is -0.481 e. The van der Waals surface area contributed by atoms with Gasteiger partial charge in [-0.25, -0.2) is 9.18 Å². The molecule has 0 spiro atoms. The Morgan fingerprint density at radius 3 is 2.50 bits per heavy atom. The summed E-state index contributed by atoms with van der Waals surface area (Å²) in [5.41, 5.74) is -0.467. The minimum absolute atomic E-state index is 0.132. The molecule has 1 unspecified atom stereocenters. The molecule has 1 saturated heterocycles. The monoisotopic (exact) mass is 464 g/mol. The number of rotatable bonds is 5. The third kappa shape index (κ3) is 5.88. The zero-order valence-electron chi connectivity index (χ0n) is 18.2. The van der Waals surface area contributed by atoms with Crippen molar-refractivity contribution in [1.29, 1.82) is 0 Å². The smallest absolute Gasteiger partial charge is 0.410 e. The van der Waals surface area contributed by atoms with Crippen LogP contribution in [0, 0.1) is 11.7 Å². The number of ether oxygens (including phenoxy) is 2. The van der Waals surface area contributed by atoms with E-state index in [2.05, 4.69) is 4.98 Å². The van der Waals surface area contributed by atoms with E-state index in [1.807, 2.05) is 0 Å². The maximum atomic E-state index is 14.6. The molecule has 7 nitrogen and oxygen atoms in total. The summed E-state index contributed by atoms with van der Waals surface area (Å²) in [5.74, 6) is -2.74. The van der Waals surface area contributed by atoms with E-state index in [9.17, 15) is 19.1 Å². The molecular weight excluding hydrogens is 439 g/mol. The van der Waals surface area contributed by atoms with Crippen LogP contribution in [0.4, 0.5) is 9.18 Å². The van der Waals surface area contributed by atoms with E-state index in [0.29, 0.717) is 31.7 Å². The highest BCUT2D eigenvalue weighted by Gasteiger charge is 2.36. The average Bonchev–Trinajstić information content (AvgIpc) is 2.71. The summed E-state index contributed by atoms with van der Waals surface area (Å²) >= 11 is 6.19. The van der Waals surface area contributed by atoms with Crippen LogP contribution in [0.15, 0.2) is 36.7 Å². The first-order chi connectivity index (χ1) is 15.0. The van der Waals surface area contributed by atoms with E-state index < -0.39 is 29.4 Å². The van der Waals surface area contributed by atoms with Gasteiger partial charge < -0.3 is 19.5 Å². The van der Waals surface area contributed by atoms with Gasteiger partial charge in [0.15, 0.2) is 0 Å². The van der Waals surface area contributed by atoms with E-state index in [1.54, 1.807) is 44.0 Å². The van der Waals surface area contributed by atoms with Crippen LogP contribution in [0.25, 0.3) is 0 Å². The number of carboxylic acid groups (broad SMARTS) is 1. The Bertz CT molecular complexity index is 972. The number of aliphatic carboxylic acids is 1. The second-order valence-electron chi connectivity index (χ2n) is 8.72. The highest BCUT2D eigenvalue weighted by atomic mass is 35.5. The summed E-state index contributed by atoms with van der Waals surface area (Å²) < 4.78 is 25.6. The predicted octanol–water partition coefficient (Wildman–Crippen LogP) is 5.48. The van der Waals surface area contributed by atoms with Crippen molar-refractivity contribution in [3.8, 4) is 11.5 Å². The van der Waals surface area contributed by atoms with Crippen molar-refractivity contribution in [3.05, 3.63) is 53.1 Å². The number of hydrogen-bond acceptors (Lipinski definition) is 5. The number of piperidine rings is 1. The Morgan fingerprint density at radius 2 is 1.94 bits per heavy atom. The van der Waals surface area contributed by atoms with Crippen LogP contribution >= 0.6 is 11.6 Å². The number of nitrogens with zero attached hydrogens (tertiary/aromatic N) is 2. The number of carbonyl (C=O) groups excluding carboxylic acids is 1. The third-order valence-corrected chi connectivity index (χ3v) is 5.56. The molecule has 1 aliphatic rings. The first-order valence-corrected chi connectivity index (χ1v) is 10.7. The highest BCUT2D eigenvalue weighted by Crippen LogP contribution is 2.40. The van der Waals surface area contributed by atoms with E-state index in [0.717, 1.165) is 6.07 Å². The number of pyridine rings is 1. The van der Waals surface area contributed by atoms with Gasteiger partial charge in [-0.05, 0) is 63.3 Å². The molecule has 32 heavy (non-hydrogen) atoms. The first kappa shape index (κ1) is 23.8. The molecule has 9 heteroatoms. The minimum atomic E-state index is -1.11. The van der Waals surface area contributed by atoms with Crippen molar-refractivity contribution >= 4 is 23.7 Å². The van der Waals surface area contributed by atoms with Crippen molar-refractivity contribution in [2.75, 3.05) is 13.1 Å². The number of hydrogen-bond donors (Lipinski definition) is 1. The van der Waals surface area contributed by atoms with E-state index in [4.69, 9.17) is 21.1 Å². The Morgan fingerprint density at radius 1 is 1.25 bits per heavy atom. The van der Waals surface area contributed by atoms with Gasteiger partial charge in [0.05, 0.1) is 17.1 Å². The van der Waals surface area contributed by atoms with Crippen LogP contribution in [0.3, 0.4) is 0 Å². The number of halogens is 2. The topological polar surface area (TPSA) is 89.0 Å². The van der Waals surface area contributed by atoms with Crippen molar-refractivity contribution in [2.24, 2.45) is 5.92 Å². The second kappa shape index (κ2) is 9.73. The molecule has 3 rings (SSSR count). The van der Waals surface area contributed by atoms with Crippen LogP contribution in [-0.2, 0) is 9.53 Å². The van der Waals surface area contributed by atoms with Crippen LogP contribution in [0.1, 0.15) is 45.1 Å². The summed E-state index contributed by atoms with van der Waals surface area (Å²) in [6.45, 7) is 6.05. The molecule has 1 fully saturated rings. The van der Waals surface area contributed by atoms with Gasteiger partial charge in [0, 0.05) is 25.4 Å². The number of likely N-dealkylation sites (tertiary alicyclic amines) is 1. The van der Waals surface area contributed by atoms with Crippen LogP contribution < -0.4 is 4.74 Å². The van der Waals surface area contributed by atoms with Gasteiger partial charge in [0.25, 0.3) is 0 Å². The Kier molecular flexibility index (Phi) is 7.23. The molecule has 0 saturated carbocycles. The van der Waals surface area contributed by atoms with Gasteiger partial charge in [-0.3, -0.25) is 9.78 Å². The molecule has 0 bridgehead atoms. The number of aromatic nitrogens is 1. The van der Waals surface area contributed by atoms with Crippen molar-refractivity contribution in [1.82, 2.24) is 9.88 Å². The molecule has 1 amide bonds. The summed E-state index contributed by atoms with van der Waals surface area (Å²) in [6.07, 6.45) is 3.45. The predicted molar refractivity (Wildman–Crippen MR) is 117 cm³/mol. The Balaban J connectivity index is 1.80. The van der Waals surface area contributed by atoms with E-state index >= 15 is 0 Å². The van der Waals surface area contributed by atoms with E-state index in [-0.39, 0.29) is 22.3 Å². The van der Waals surface area contributed by atoms with Crippen LogP contribution in [0.2, 0.25) is 5.02 Å². The van der Waals surface area contributed by atoms with E-state index in [1.165, 1.54) is 12.3 Å². The maximum absolute atomic E-state index is 14.6. The molecule has 2 aromatic rings. The molecule has 1 N–H and O–H groups in total. The summed E-state index contributed by atoms with van der Waals surface area (Å²) in [4.78, 5) is 30.0. The number of amides is 1. The molecule has 172 valence electrons. The van der Waals surface area contributed by atoms with Gasteiger partial charge in [-0.1, -0.05) is 11.6 Å². The van der Waals surface area contributed by atoms with Crippen molar-refractivity contribution in [3.63, 3.8) is 0 Å². The fourth-order valence-corrected chi connectivity index (χ4v) is 3.97. The molecule has 1 atom stereocenters. The molecule has 0 aliphatic carbocycles. The lowest BCUT2D eigenvalue weighted by molar-refractivity contribution is -0.140. The standard InChI is InChI=1S/C23H26ClFN2O5/c1-23(2,3)32-22(30)27-9-6-14(7-10-27)19(21(28)29)17-11-16(12-18(25)20(17)24)31-15-5-4-8-26-13-15/h4-5,8,11-14,19H,6-7,9-10H2,1-3H3,(H,28,29). The SMILES string of the molecule is CC(C)(C)OC(=O)N1CCC(C(C(=O)O)c2cc(Oc3cccnc3)cc(F)c2Cl)CC1. The largest absolute Gasteiger partial charge is 0.481 e. The lowest BCUT2D eigenvalue weighted by atomic mass is 9.80. The van der Waals surface area contributed by atoms with Gasteiger partial charge in [0.1, 0.15) is 22.9 Å². The number of benzene rings is 1. The quantitative estimate of drug-likeness (QED) is 0.630. The summed E-state index contributed by atoms with van der Waals surface area (Å²) in [5, 5.41) is 9.72. The fraction of sp³-hybridized carbons (Fsp3) is 0.435. The lowest BCUT2D eigenvalue weighted by Gasteiger charge is -2.35. The van der Waals surface area contributed by atoms with Gasteiger partial charge in [-0.2, -0.15) is 0 Å². The highest BCUT2D eigenvalue weighted by molar-refractivity contribution is 6.31. The van der Waals surface area contributed by atoms with Crippen LogP contribution in [-0.4, -0.2) is 45.7 Å².